The van der Waals surface area contributed by atoms with Crippen LogP contribution in [0.15, 0.2) is 134 Å². The summed E-state index contributed by atoms with van der Waals surface area (Å²) in [6.45, 7) is 7.32. The van der Waals surface area contributed by atoms with E-state index in [4.69, 9.17) is 14.2 Å². The highest BCUT2D eigenvalue weighted by molar-refractivity contribution is 5.70. The normalized spacial score (nSPS) is 13.4. The molecule has 1 unspecified atom stereocenters. The van der Waals surface area contributed by atoms with Gasteiger partial charge in [0.1, 0.15) is 6.61 Å². The van der Waals surface area contributed by atoms with Crippen LogP contribution in [0.2, 0.25) is 0 Å². The Kier molecular flexibility index (Phi) is 48.1. The second-order valence-electron chi connectivity index (χ2n) is 15.6. The van der Waals surface area contributed by atoms with E-state index in [2.05, 4.69) is 154 Å². The van der Waals surface area contributed by atoms with Gasteiger partial charge >= 0.3 is 11.9 Å². The van der Waals surface area contributed by atoms with Crippen LogP contribution in [0.1, 0.15) is 188 Å². The highest BCUT2D eigenvalue weighted by atomic mass is 16.6. The number of hydrogen-bond acceptors (Lipinski definition) is 5. The van der Waals surface area contributed by atoms with Crippen LogP contribution in [0, 0.1) is 0 Å². The molecule has 0 aliphatic carbocycles. The SMILES string of the molecule is CC/C=C\C/C=C\C/C=C\C/C=C\C/C=C\CCCCCC(=O)OCC(COCCC/C=C\C/C=C\C/C=C\C/C=C\CC)OC(=O)CCCCCCC/C=C\C/C=C\CCC. The molecule has 0 aliphatic rings. The number of unbranched alkanes of at least 4 members (excludes halogenated alkanes) is 10. The van der Waals surface area contributed by atoms with Crippen molar-refractivity contribution in [2.24, 2.45) is 0 Å². The van der Waals surface area contributed by atoms with Gasteiger partial charge in [-0.3, -0.25) is 9.59 Å². The van der Waals surface area contributed by atoms with Crippen molar-refractivity contribution >= 4 is 11.9 Å². The number of ether oxygens (including phenoxy) is 3. The van der Waals surface area contributed by atoms with Gasteiger partial charge in [0.05, 0.1) is 6.61 Å². The lowest BCUT2D eigenvalue weighted by atomic mass is 10.1. The molecule has 5 heteroatoms. The molecule has 0 radical (unpaired) electrons. The van der Waals surface area contributed by atoms with E-state index in [9.17, 15) is 9.59 Å². The highest BCUT2D eigenvalue weighted by Gasteiger charge is 2.17. The van der Waals surface area contributed by atoms with Gasteiger partial charge in [0.25, 0.3) is 0 Å². The van der Waals surface area contributed by atoms with E-state index in [0.717, 1.165) is 135 Å². The maximum atomic E-state index is 12.8. The van der Waals surface area contributed by atoms with E-state index in [1.54, 1.807) is 0 Å². The molecule has 0 fully saturated rings. The predicted molar refractivity (Wildman–Crippen MR) is 269 cm³/mol. The third-order valence-electron chi connectivity index (χ3n) is 9.63. The van der Waals surface area contributed by atoms with Crippen molar-refractivity contribution in [3.8, 4) is 0 Å². The Morgan fingerprint density at radius 2 is 0.726 bits per heavy atom. The number of esters is 2. The zero-order chi connectivity index (χ0) is 44.9. The quantitative estimate of drug-likeness (QED) is 0.0347. The smallest absolute Gasteiger partial charge is 0.306 e. The molecule has 0 N–H and O–H groups in total. The fourth-order valence-electron chi connectivity index (χ4n) is 6.05. The minimum atomic E-state index is -0.595. The van der Waals surface area contributed by atoms with Crippen LogP contribution in [0.4, 0.5) is 0 Å². The fourth-order valence-corrected chi connectivity index (χ4v) is 6.05. The maximum Gasteiger partial charge on any atom is 0.306 e. The molecule has 348 valence electrons. The molecule has 62 heavy (non-hydrogen) atoms. The molecule has 0 bridgehead atoms. The van der Waals surface area contributed by atoms with E-state index in [-0.39, 0.29) is 25.2 Å². The summed E-state index contributed by atoms with van der Waals surface area (Å²) in [7, 11) is 0. The Hall–Kier alpha value is -3.96. The van der Waals surface area contributed by atoms with Gasteiger partial charge in [-0.2, -0.15) is 0 Å². The third kappa shape index (κ3) is 48.7. The average molecular weight is 855 g/mol. The number of allylic oxidation sites excluding steroid dienone is 22. The van der Waals surface area contributed by atoms with Gasteiger partial charge in [-0.05, 0) is 122 Å². The first-order valence-electron chi connectivity index (χ1n) is 24.7. The molecule has 0 aromatic carbocycles. The Labute approximate surface area is 381 Å². The number of rotatable bonds is 43. The van der Waals surface area contributed by atoms with Crippen molar-refractivity contribution in [3.63, 3.8) is 0 Å². The van der Waals surface area contributed by atoms with E-state index >= 15 is 0 Å². The number of hydrogen-bond donors (Lipinski definition) is 0. The monoisotopic (exact) mass is 855 g/mol. The molecule has 0 rings (SSSR count). The summed E-state index contributed by atoms with van der Waals surface area (Å²) in [5, 5.41) is 0. The molecule has 0 spiro atoms. The molecule has 0 saturated heterocycles. The molecule has 0 saturated carbocycles. The second kappa shape index (κ2) is 51.4. The summed E-state index contributed by atoms with van der Waals surface area (Å²) in [5.41, 5.74) is 0. The summed E-state index contributed by atoms with van der Waals surface area (Å²) in [4.78, 5) is 25.3. The van der Waals surface area contributed by atoms with Gasteiger partial charge < -0.3 is 14.2 Å². The van der Waals surface area contributed by atoms with E-state index in [1.165, 1.54) is 19.3 Å². The Morgan fingerprint density at radius 1 is 0.371 bits per heavy atom. The van der Waals surface area contributed by atoms with Crippen LogP contribution in [0.25, 0.3) is 0 Å². The van der Waals surface area contributed by atoms with Crippen molar-refractivity contribution in [3.05, 3.63) is 134 Å². The second-order valence-corrected chi connectivity index (χ2v) is 15.6. The van der Waals surface area contributed by atoms with Crippen molar-refractivity contribution in [2.45, 2.75) is 194 Å². The molecular formula is C57H90O5. The minimum Gasteiger partial charge on any atom is -0.462 e. The van der Waals surface area contributed by atoms with Gasteiger partial charge in [-0.25, -0.2) is 0 Å². The number of carbonyl (C=O) groups is 2. The van der Waals surface area contributed by atoms with Crippen LogP contribution in [-0.2, 0) is 23.8 Å². The summed E-state index contributed by atoms with van der Waals surface area (Å²) in [5.74, 6) is -0.494. The first-order chi connectivity index (χ1) is 30.6. The molecule has 0 aliphatic heterocycles. The van der Waals surface area contributed by atoms with Crippen molar-refractivity contribution in [1.29, 1.82) is 0 Å². The van der Waals surface area contributed by atoms with Gasteiger partial charge in [-0.1, -0.05) is 187 Å². The van der Waals surface area contributed by atoms with Gasteiger partial charge in [0.15, 0.2) is 6.10 Å². The lowest BCUT2D eigenvalue weighted by molar-refractivity contribution is -0.163. The third-order valence-corrected chi connectivity index (χ3v) is 9.63. The summed E-state index contributed by atoms with van der Waals surface area (Å²) < 4.78 is 17.3. The Morgan fingerprint density at radius 3 is 1.18 bits per heavy atom. The van der Waals surface area contributed by atoms with Crippen LogP contribution in [-0.4, -0.2) is 37.9 Å². The lowest BCUT2D eigenvalue weighted by Gasteiger charge is -2.18. The first-order valence-corrected chi connectivity index (χ1v) is 24.7. The molecule has 1 atom stereocenters. The molecular weight excluding hydrogens is 765 g/mol. The topological polar surface area (TPSA) is 61.8 Å². The Balaban J connectivity index is 4.45. The van der Waals surface area contributed by atoms with Gasteiger partial charge in [0, 0.05) is 19.4 Å². The minimum absolute atomic E-state index is 0.0311. The highest BCUT2D eigenvalue weighted by Crippen LogP contribution is 2.11. The maximum absolute atomic E-state index is 12.8. The van der Waals surface area contributed by atoms with Crippen molar-refractivity contribution in [2.75, 3.05) is 19.8 Å². The van der Waals surface area contributed by atoms with Crippen LogP contribution in [0.5, 0.6) is 0 Å². The zero-order valence-electron chi connectivity index (χ0n) is 39.8. The standard InChI is InChI=1S/C57H90O5/c1-4-7-10-13-16-19-22-25-27-28-29-30-31-33-35-38-41-44-47-50-56(58)61-54-55(53-60-52-49-46-43-40-37-34-26-23-20-17-14-11-8-5-2)62-57(59)51-48-45-42-39-36-32-24-21-18-15-12-9-6-3/h7-8,10-12,15-17,19-21,24-27,29-30,33-35,40,43,55H,4-6,9,13-14,18,22-23,28,31-32,36-39,41-42,44-54H2,1-3H3/b10-7-,11-8-,15-12-,19-16-,20-17-,24-21-,27-25-,30-29-,34-26-,35-33-,43-40-. The average Bonchev–Trinajstić information content (AvgIpc) is 3.27. The van der Waals surface area contributed by atoms with Crippen LogP contribution in [0.3, 0.4) is 0 Å². The van der Waals surface area contributed by atoms with E-state index in [1.807, 2.05) is 0 Å². The molecule has 0 heterocycles. The Bertz CT molecular complexity index is 1330. The first kappa shape index (κ1) is 58.0. The predicted octanol–water partition coefficient (Wildman–Crippen LogP) is 16.8. The summed E-state index contributed by atoms with van der Waals surface area (Å²) in [6.07, 6.45) is 73.2. The van der Waals surface area contributed by atoms with E-state index < -0.39 is 6.10 Å². The largest absolute Gasteiger partial charge is 0.462 e. The molecule has 5 nitrogen and oxygen atoms in total. The summed E-state index contributed by atoms with van der Waals surface area (Å²) in [6, 6.07) is 0. The molecule has 0 amide bonds. The van der Waals surface area contributed by atoms with Crippen LogP contribution < -0.4 is 0 Å². The van der Waals surface area contributed by atoms with Crippen molar-refractivity contribution < 1.29 is 23.8 Å². The van der Waals surface area contributed by atoms with Gasteiger partial charge in [-0.15, -0.1) is 0 Å². The fraction of sp³-hybridized carbons (Fsp3) is 0.579. The van der Waals surface area contributed by atoms with Crippen LogP contribution >= 0.6 is 0 Å². The van der Waals surface area contributed by atoms with Crippen molar-refractivity contribution in [1.82, 2.24) is 0 Å². The molecule has 0 aromatic rings. The van der Waals surface area contributed by atoms with E-state index in [0.29, 0.717) is 19.4 Å². The summed E-state index contributed by atoms with van der Waals surface area (Å²) >= 11 is 0. The molecule has 0 aromatic heterocycles. The zero-order valence-corrected chi connectivity index (χ0v) is 39.8. The van der Waals surface area contributed by atoms with Gasteiger partial charge in [0.2, 0.25) is 0 Å². The number of carbonyl (C=O) groups excluding carboxylic acids is 2. The lowest BCUT2D eigenvalue weighted by Crippen LogP contribution is -2.30.